The Hall–Kier alpha value is -1.76. The van der Waals surface area contributed by atoms with Gasteiger partial charge in [0.1, 0.15) is 5.58 Å². The molecule has 3 nitrogen and oxygen atoms in total. The highest BCUT2D eigenvalue weighted by atomic mass is 35.5. The molecule has 1 aromatic heterocycles. The van der Waals surface area contributed by atoms with E-state index in [9.17, 15) is 4.79 Å². The molecule has 0 radical (unpaired) electrons. The monoisotopic (exact) mass is 247 g/mol. The van der Waals surface area contributed by atoms with Crippen LogP contribution in [0.25, 0.3) is 11.0 Å². The quantitative estimate of drug-likeness (QED) is 0.670. The van der Waals surface area contributed by atoms with E-state index >= 15 is 0 Å². The fourth-order valence-corrected chi connectivity index (χ4v) is 1.72. The second kappa shape index (κ2) is 4.62. The van der Waals surface area contributed by atoms with E-state index in [2.05, 4.69) is 5.92 Å². The fraction of sp³-hybridized carbons (Fsp3) is 0.154. The van der Waals surface area contributed by atoms with Crippen molar-refractivity contribution < 1.29 is 9.21 Å². The molecule has 0 aliphatic carbocycles. The summed E-state index contributed by atoms with van der Waals surface area (Å²) in [5.41, 5.74) is 6.24. The number of fused-ring (bicyclic) bond motifs is 1. The molecule has 17 heavy (non-hydrogen) atoms. The third kappa shape index (κ3) is 2.33. The van der Waals surface area contributed by atoms with Gasteiger partial charge in [-0.05, 0) is 24.3 Å². The van der Waals surface area contributed by atoms with Gasteiger partial charge in [0.25, 0.3) is 0 Å². The van der Waals surface area contributed by atoms with Crippen LogP contribution in [0.3, 0.4) is 0 Å². The number of carbonyl (C=O) groups is 1. The molecule has 2 aromatic rings. The van der Waals surface area contributed by atoms with Crippen LogP contribution in [-0.2, 0) is 0 Å². The lowest BCUT2D eigenvalue weighted by molar-refractivity contribution is 0.0937. The van der Waals surface area contributed by atoms with Gasteiger partial charge in [0.2, 0.25) is 5.78 Å². The number of terminal acetylenes is 1. The molecule has 1 aromatic carbocycles. The van der Waals surface area contributed by atoms with Crippen molar-refractivity contribution in [2.24, 2.45) is 5.73 Å². The third-order valence-electron chi connectivity index (χ3n) is 2.40. The van der Waals surface area contributed by atoms with Gasteiger partial charge in [0, 0.05) is 16.8 Å². The zero-order valence-corrected chi connectivity index (χ0v) is 9.70. The normalized spacial score (nSPS) is 12.3. The van der Waals surface area contributed by atoms with Crippen LogP contribution in [0.4, 0.5) is 0 Å². The van der Waals surface area contributed by atoms with Gasteiger partial charge in [0.15, 0.2) is 5.76 Å². The minimum absolute atomic E-state index is 0.191. The Morgan fingerprint density at radius 2 is 2.29 bits per heavy atom. The van der Waals surface area contributed by atoms with E-state index in [0.29, 0.717) is 10.6 Å². The van der Waals surface area contributed by atoms with Gasteiger partial charge < -0.3 is 10.2 Å². The number of carbonyl (C=O) groups excluding carboxylic acids is 1. The van der Waals surface area contributed by atoms with Gasteiger partial charge in [-0.2, -0.15) is 0 Å². The number of hydrogen-bond acceptors (Lipinski definition) is 3. The second-order valence-corrected chi connectivity index (χ2v) is 4.11. The molecule has 2 N–H and O–H groups in total. The Kier molecular flexibility index (Phi) is 3.19. The van der Waals surface area contributed by atoms with Crippen LogP contribution in [0.15, 0.2) is 28.7 Å². The highest BCUT2D eigenvalue weighted by molar-refractivity contribution is 6.31. The molecular formula is C13H10ClNO2. The maximum atomic E-state index is 11.8. The smallest absolute Gasteiger partial charge is 0.215 e. The summed E-state index contributed by atoms with van der Waals surface area (Å²) in [5, 5.41) is 1.36. The topological polar surface area (TPSA) is 56.2 Å². The zero-order chi connectivity index (χ0) is 12.4. The Balaban J connectivity index is 2.37. The van der Waals surface area contributed by atoms with Gasteiger partial charge >= 0.3 is 0 Å². The van der Waals surface area contributed by atoms with Crippen LogP contribution in [0, 0.1) is 12.3 Å². The maximum Gasteiger partial charge on any atom is 0.215 e. The molecular weight excluding hydrogens is 238 g/mol. The van der Waals surface area contributed by atoms with Crippen molar-refractivity contribution in [3.8, 4) is 12.3 Å². The lowest BCUT2D eigenvalue weighted by Crippen LogP contribution is -2.29. The van der Waals surface area contributed by atoms with E-state index in [-0.39, 0.29) is 18.0 Å². The number of hydrogen-bond donors (Lipinski definition) is 1. The predicted octanol–water partition coefficient (Wildman–Crippen LogP) is 2.62. The molecule has 2 rings (SSSR count). The minimum Gasteiger partial charge on any atom is -0.453 e. The average Bonchev–Trinajstić information content (AvgIpc) is 2.71. The van der Waals surface area contributed by atoms with E-state index in [1.54, 1.807) is 24.3 Å². The van der Waals surface area contributed by atoms with Crippen molar-refractivity contribution in [1.29, 1.82) is 0 Å². The molecule has 0 amide bonds. The number of furan rings is 1. The zero-order valence-electron chi connectivity index (χ0n) is 8.94. The Morgan fingerprint density at radius 3 is 3.00 bits per heavy atom. The van der Waals surface area contributed by atoms with Crippen LogP contribution in [0.1, 0.15) is 17.0 Å². The van der Waals surface area contributed by atoms with E-state index < -0.39 is 6.04 Å². The standard InChI is InChI=1S/C13H10ClNO2/c1-2-3-10(15)13(16)12-7-8-6-9(14)4-5-11(8)17-12/h1,4-7,10H,3,15H2. The Morgan fingerprint density at radius 1 is 1.53 bits per heavy atom. The predicted molar refractivity (Wildman–Crippen MR) is 67.0 cm³/mol. The van der Waals surface area contributed by atoms with Gasteiger partial charge in [-0.25, -0.2) is 0 Å². The van der Waals surface area contributed by atoms with Crippen molar-refractivity contribution >= 4 is 28.4 Å². The average molecular weight is 248 g/mol. The molecule has 0 saturated heterocycles. The molecule has 0 bridgehead atoms. The molecule has 0 fully saturated rings. The number of benzene rings is 1. The molecule has 1 unspecified atom stereocenters. The minimum atomic E-state index is -0.726. The number of rotatable bonds is 3. The van der Waals surface area contributed by atoms with Crippen molar-refractivity contribution in [2.45, 2.75) is 12.5 Å². The fourth-order valence-electron chi connectivity index (χ4n) is 1.54. The van der Waals surface area contributed by atoms with Crippen LogP contribution in [0.5, 0.6) is 0 Å². The van der Waals surface area contributed by atoms with E-state index in [0.717, 1.165) is 5.39 Å². The molecule has 0 aliphatic rings. The summed E-state index contributed by atoms with van der Waals surface area (Å²) in [4.78, 5) is 11.8. The molecule has 4 heteroatoms. The maximum absolute atomic E-state index is 11.8. The summed E-state index contributed by atoms with van der Waals surface area (Å²) >= 11 is 5.84. The van der Waals surface area contributed by atoms with Crippen LogP contribution < -0.4 is 5.73 Å². The second-order valence-electron chi connectivity index (χ2n) is 3.67. The molecule has 1 heterocycles. The first-order valence-corrected chi connectivity index (χ1v) is 5.42. The van der Waals surface area contributed by atoms with Crippen molar-refractivity contribution in [3.63, 3.8) is 0 Å². The lowest BCUT2D eigenvalue weighted by Gasteiger charge is -2.02. The first-order valence-electron chi connectivity index (χ1n) is 5.04. The third-order valence-corrected chi connectivity index (χ3v) is 2.63. The number of Topliss-reactive ketones (excluding diaryl/α,β-unsaturated/α-hetero) is 1. The van der Waals surface area contributed by atoms with E-state index in [4.69, 9.17) is 28.2 Å². The lowest BCUT2D eigenvalue weighted by atomic mass is 10.1. The SMILES string of the molecule is C#CCC(N)C(=O)c1cc2cc(Cl)ccc2o1. The summed E-state index contributed by atoms with van der Waals surface area (Å²) in [6.07, 6.45) is 5.30. The molecule has 1 atom stereocenters. The first kappa shape index (κ1) is 11.7. The van der Waals surface area contributed by atoms with E-state index in [1.165, 1.54) is 0 Å². The Bertz CT molecular complexity index is 609. The summed E-state index contributed by atoms with van der Waals surface area (Å²) in [6.45, 7) is 0. The van der Waals surface area contributed by atoms with Crippen LogP contribution in [-0.4, -0.2) is 11.8 Å². The molecule has 0 saturated carbocycles. The van der Waals surface area contributed by atoms with Gasteiger partial charge in [-0.3, -0.25) is 4.79 Å². The van der Waals surface area contributed by atoms with Crippen molar-refractivity contribution in [2.75, 3.05) is 0 Å². The first-order chi connectivity index (χ1) is 8.11. The summed E-state index contributed by atoms with van der Waals surface area (Å²) in [6, 6.07) is 6.03. The summed E-state index contributed by atoms with van der Waals surface area (Å²) < 4.78 is 5.40. The van der Waals surface area contributed by atoms with Crippen LogP contribution in [0.2, 0.25) is 5.02 Å². The van der Waals surface area contributed by atoms with E-state index in [1.807, 2.05) is 0 Å². The highest BCUT2D eigenvalue weighted by Crippen LogP contribution is 2.23. The molecule has 0 spiro atoms. The highest BCUT2D eigenvalue weighted by Gasteiger charge is 2.19. The number of nitrogens with two attached hydrogens (primary N) is 1. The summed E-state index contributed by atoms with van der Waals surface area (Å²) in [7, 11) is 0. The van der Waals surface area contributed by atoms with Crippen molar-refractivity contribution in [3.05, 3.63) is 35.0 Å². The molecule has 86 valence electrons. The molecule has 0 aliphatic heterocycles. The van der Waals surface area contributed by atoms with Crippen LogP contribution >= 0.6 is 11.6 Å². The van der Waals surface area contributed by atoms with Gasteiger partial charge in [-0.15, -0.1) is 12.3 Å². The number of halogens is 1. The Labute approximate surface area is 104 Å². The van der Waals surface area contributed by atoms with Crippen molar-refractivity contribution in [1.82, 2.24) is 0 Å². The van der Waals surface area contributed by atoms with Gasteiger partial charge in [-0.1, -0.05) is 11.6 Å². The largest absolute Gasteiger partial charge is 0.453 e. The number of ketones is 1. The van der Waals surface area contributed by atoms with Gasteiger partial charge in [0.05, 0.1) is 6.04 Å². The summed E-state index contributed by atoms with van der Waals surface area (Å²) in [5.74, 6) is 2.27.